The zero-order chi connectivity index (χ0) is 59.4. The van der Waals surface area contributed by atoms with Gasteiger partial charge in [0.15, 0.2) is 12.4 Å². The molecule has 0 fully saturated rings. The van der Waals surface area contributed by atoms with Crippen molar-refractivity contribution in [3.8, 4) is 28.6 Å². The Morgan fingerprint density at radius 1 is 0.488 bits per heavy atom. The number of aryl methyl sites for hydroxylation is 4. The van der Waals surface area contributed by atoms with Gasteiger partial charge in [0.1, 0.15) is 44.0 Å². The van der Waals surface area contributed by atoms with Crippen LogP contribution in [-0.4, -0.2) is 141 Å². The van der Waals surface area contributed by atoms with Crippen molar-refractivity contribution in [1.82, 2.24) is 0 Å². The van der Waals surface area contributed by atoms with Gasteiger partial charge >= 0.3 is 0 Å². The van der Waals surface area contributed by atoms with Gasteiger partial charge in [0, 0.05) is 110 Å². The number of methoxy groups -OCH3 is 1. The third kappa shape index (κ3) is 26.5. The third-order valence-corrected chi connectivity index (χ3v) is 14.8. The molecule has 0 N–H and O–H groups in total. The molecular formula is C62H84F4IrN5O9P+2. The molecule has 6 aromatic rings. The predicted molar refractivity (Wildman–Crippen MR) is 313 cm³/mol. The maximum atomic E-state index is 14.0. The Bertz CT molecular complexity index is 2550. The molecular weight excluding hydrogens is 1260 g/mol. The molecule has 0 saturated carbocycles. The van der Waals surface area contributed by atoms with Gasteiger partial charge in [-0.25, -0.2) is 26.7 Å². The van der Waals surface area contributed by atoms with E-state index in [1.165, 1.54) is 19.1 Å². The maximum Gasteiger partial charge on any atom is 0.217 e. The Hall–Kier alpha value is -5.29. The molecule has 451 valence electrons. The summed E-state index contributed by atoms with van der Waals surface area (Å²) >= 11 is 0. The first kappa shape index (κ1) is 72.8. The zero-order valence-corrected chi connectivity index (χ0v) is 52.6. The van der Waals surface area contributed by atoms with Gasteiger partial charge < -0.3 is 47.7 Å². The number of aromatic nitrogens is 2. The minimum Gasteiger partial charge on any atom is -0.382 e. The summed E-state index contributed by atoms with van der Waals surface area (Å²) < 4.78 is 108. The van der Waals surface area contributed by atoms with Crippen LogP contribution >= 0.6 is 7.49 Å². The molecule has 4 aromatic carbocycles. The van der Waals surface area contributed by atoms with Crippen LogP contribution in [-0.2, 0) is 76.6 Å². The van der Waals surface area contributed by atoms with Crippen molar-refractivity contribution in [3.05, 3.63) is 163 Å². The number of anilines is 2. The summed E-state index contributed by atoms with van der Waals surface area (Å²) in [5, 5.41) is 9.54. The van der Waals surface area contributed by atoms with Gasteiger partial charge in [0.05, 0.1) is 134 Å². The van der Waals surface area contributed by atoms with E-state index in [-0.39, 0.29) is 20.1 Å². The van der Waals surface area contributed by atoms with Crippen molar-refractivity contribution in [3.63, 3.8) is 0 Å². The molecule has 0 spiro atoms. The van der Waals surface area contributed by atoms with E-state index in [4.69, 9.17) is 47.7 Å². The summed E-state index contributed by atoms with van der Waals surface area (Å²) in [7, 11) is 10.9. The number of halogens is 4. The topological polar surface area (TPSA) is 121 Å². The van der Waals surface area contributed by atoms with Crippen molar-refractivity contribution in [2.75, 3.05) is 151 Å². The van der Waals surface area contributed by atoms with Crippen LogP contribution in [0.5, 0.6) is 0 Å². The number of nitrogens with zero attached hydrogens (tertiary/aromatic N) is 5. The second-order valence-corrected chi connectivity index (χ2v) is 21.2. The molecule has 0 aliphatic carbocycles. The van der Waals surface area contributed by atoms with Gasteiger partial charge in [-0.15, -0.1) is 6.66 Å². The maximum absolute atomic E-state index is 14.0. The molecule has 0 amide bonds. The first-order valence-electron chi connectivity index (χ1n) is 26.6. The normalized spacial score (nSPS) is 10.8. The first-order valence-corrected chi connectivity index (χ1v) is 28.5. The van der Waals surface area contributed by atoms with E-state index >= 15 is 0 Å². The Labute approximate surface area is 498 Å². The largest absolute Gasteiger partial charge is 0.382 e. The molecule has 20 heteroatoms. The number of rotatable bonds is 31. The average Bonchev–Trinajstić information content (AvgIpc) is 3.43. The van der Waals surface area contributed by atoms with E-state index in [1.807, 2.05) is 134 Å². The quantitative estimate of drug-likeness (QED) is 0.0136. The summed E-state index contributed by atoms with van der Waals surface area (Å²) in [6.45, 7) is 17.8. The van der Waals surface area contributed by atoms with Crippen LogP contribution < -0.4 is 29.5 Å². The number of hydrogen-bond acceptors (Lipinski definition) is 12. The first-order chi connectivity index (χ1) is 39.0. The van der Waals surface area contributed by atoms with Crippen LogP contribution in [0.25, 0.3) is 22.5 Å². The number of hydrogen-bond donors (Lipinski definition) is 0. The third-order valence-electron chi connectivity index (χ3n) is 11.9. The average molecular weight is 1340 g/mol. The second-order valence-electron chi connectivity index (χ2n) is 18.5. The fourth-order valence-electron chi connectivity index (χ4n) is 7.68. The number of benzene rings is 4. The predicted octanol–water partition coefficient (Wildman–Crippen LogP) is 9.33. The summed E-state index contributed by atoms with van der Waals surface area (Å²) in [5.41, 5.74) is 5.43. The number of nitriles is 1. The zero-order valence-electron chi connectivity index (χ0n) is 49.3. The van der Waals surface area contributed by atoms with E-state index in [2.05, 4.69) is 30.9 Å². The molecule has 1 radical (unpaired) electrons. The minimum absolute atomic E-state index is 0. The SMILES string of the molecule is CC#N.Cc1cc(F)cc(F)c1-c1cc(N(C)C)cc[n+]1C.Cc1cc(F)cc(F)c1-c1cc(N(C)C)cc[n+]1C.[CH2-][P+](OCCOCCOCCOCCOCCOCCOCCOCCOC)(c1ccccc1)c1ccccc1.[Ir]. The monoisotopic (exact) mass is 1340 g/mol. The summed E-state index contributed by atoms with van der Waals surface area (Å²) in [6.07, 6.45) is 3.74. The van der Waals surface area contributed by atoms with E-state index in [0.717, 1.165) is 45.5 Å². The molecule has 0 atom stereocenters. The van der Waals surface area contributed by atoms with Crippen molar-refractivity contribution in [1.29, 1.82) is 5.26 Å². The second kappa shape index (κ2) is 41.7. The van der Waals surface area contributed by atoms with Gasteiger partial charge in [-0.05, 0) is 61.4 Å². The standard InChI is InChI=1S/C30H47O9P.2C15H17F2N2.C2H3N.Ir/c1-31-13-14-32-15-16-33-17-18-34-19-20-35-21-22-36-23-24-37-25-26-38-27-28-39-40(2,29-9-5-3-6-10-29)30-11-7-4-8-12-30;2*1-10-7-11(16)8-13(17)15(10)14-9-12(18(2)3)5-6-19(14)4;1-2-3;/h3-12H,2,13-28H2,1H3;2*5-9H,1-4H3;1H3;/q;2*+1;;. The van der Waals surface area contributed by atoms with Crippen LogP contribution in [0.15, 0.2) is 122 Å². The van der Waals surface area contributed by atoms with E-state index in [1.54, 1.807) is 27.0 Å². The Balaban J connectivity index is 0.000000453. The summed E-state index contributed by atoms with van der Waals surface area (Å²) in [5.74, 6) is -2.18. The fourth-order valence-corrected chi connectivity index (χ4v) is 9.97. The fraction of sp³-hybridized carbons (Fsp3) is 0.419. The molecule has 2 aromatic heterocycles. The summed E-state index contributed by atoms with van der Waals surface area (Å²) in [4.78, 5) is 3.89. The van der Waals surface area contributed by atoms with Gasteiger partial charge in [0.25, 0.3) is 0 Å². The van der Waals surface area contributed by atoms with E-state index in [9.17, 15) is 17.6 Å². The van der Waals surface area contributed by atoms with Crippen molar-refractivity contribution in [2.45, 2.75) is 20.8 Å². The molecule has 0 bridgehead atoms. The molecule has 0 saturated heterocycles. The van der Waals surface area contributed by atoms with Crippen molar-refractivity contribution in [2.24, 2.45) is 14.1 Å². The number of pyridine rings is 2. The van der Waals surface area contributed by atoms with E-state index in [0.29, 0.717) is 128 Å². The van der Waals surface area contributed by atoms with Crippen molar-refractivity contribution < 1.29 is 89.2 Å². The number of ether oxygens (including phenoxy) is 8. The van der Waals surface area contributed by atoms with Crippen LogP contribution in [0.4, 0.5) is 28.9 Å². The molecule has 0 aliphatic rings. The molecule has 6 rings (SSSR count). The van der Waals surface area contributed by atoms with Gasteiger partial charge in [0.2, 0.25) is 11.4 Å². The minimum atomic E-state index is -2.18. The molecule has 2 heterocycles. The van der Waals surface area contributed by atoms with E-state index < -0.39 is 30.8 Å². The summed E-state index contributed by atoms with van der Waals surface area (Å²) in [6, 6.07) is 34.4. The smallest absolute Gasteiger partial charge is 0.217 e. The Morgan fingerprint density at radius 3 is 1.06 bits per heavy atom. The van der Waals surface area contributed by atoms with Gasteiger partial charge in [-0.2, -0.15) is 5.26 Å². The van der Waals surface area contributed by atoms with Gasteiger partial charge in [-0.3, -0.25) is 4.52 Å². The van der Waals surface area contributed by atoms with Crippen LogP contribution in [0.3, 0.4) is 0 Å². The van der Waals surface area contributed by atoms with Crippen molar-refractivity contribution >= 4 is 29.5 Å². The molecule has 0 unspecified atom stereocenters. The van der Waals surface area contributed by atoms with Crippen LogP contribution in [0.1, 0.15) is 18.1 Å². The molecule has 82 heavy (non-hydrogen) atoms. The molecule has 14 nitrogen and oxygen atoms in total. The van der Waals surface area contributed by atoms with Gasteiger partial charge in [-0.1, -0.05) is 36.4 Å². The van der Waals surface area contributed by atoms with Crippen LogP contribution in [0.2, 0.25) is 0 Å². The molecule has 0 aliphatic heterocycles. The van der Waals surface area contributed by atoms with Crippen LogP contribution in [0, 0.1) is 55.1 Å². The Morgan fingerprint density at radius 2 is 0.780 bits per heavy atom. The Kier molecular flexibility index (Phi) is 37.0.